The maximum Gasteiger partial charge on any atom is 0.0726 e. The lowest BCUT2D eigenvalue weighted by Gasteiger charge is -2.34. The van der Waals surface area contributed by atoms with Crippen molar-refractivity contribution in [2.45, 2.75) is 44.6 Å². The Morgan fingerprint density at radius 2 is 0.963 bits per heavy atom. The standard InChI is InChI=1S/C53H43N/c1-35(29-32-46-36(2)41-21-8-12-25-47(41)52(46,3)4)54(39-20-16-19-38(33-39)37-17-6-5-7-18-37)40-30-31-45-44-24-11-15-28-50(44)53(51(45)34-40)48-26-13-9-22-42(48)43-23-10-14-27-49(43)53/h5-35H,1-4H3/b32-29-. The molecule has 1 heteroatoms. The second kappa shape index (κ2) is 12.2. The normalized spacial score (nSPS) is 15.9. The maximum atomic E-state index is 2.54. The summed E-state index contributed by atoms with van der Waals surface area (Å²) in [4.78, 5) is 2.54. The molecular formula is C53H43N. The summed E-state index contributed by atoms with van der Waals surface area (Å²) < 4.78 is 0. The molecule has 54 heavy (non-hydrogen) atoms. The first-order valence-corrected chi connectivity index (χ1v) is 19.3. The average molecular weight is 694 g/mol. The lowest BCUT2D eigenvalue weighted by atomic mass is 9.70. The predicted octanol–water partition coefficient (Wildman–Crippen LogP) is 13.5. The summed E-state index contributed by atoms with van der Waals surface area (Å²) in [5.74, 6) is 0. The molecular weight excluding hydrogens is 651 g/mol. The Balaban J connectivity index is 1.17. The number of benzene rings is 7. The first-order chi connectivity index (χ1) is 26.4. The van der Waals surface area contributed by atoms with Gasteiger partial charge in [-0.25, -0.2) is 0 Å². The molecule has 7 aromatic rings. The molecule has 0 N–H and O–H groups in total. The SMILES string of the molecule is CC1=C(/C=C\C(C)N(c2cccc(-c3ccccc3)c2)c2ccc3c(c2)C2(c4ccccc4-c4ccccc42)c2ccccc2-3)C(C)(C)c2ccccc21. The summed E-state index contributed by atoms with van der Waals surface area (Å²) in [6.45, 7) is 9.35. The quantitative estimate of drug-likeness (QED) is 0.168. The highest BCUT2D eigenvalue weighted by molar-refractivity contribution is 5.96. The summed E-state index contributed by atoms with van der Waals surface area (Å²) >= 11 is 0. The van der Waals surface area contributed by atoms with Gasteiger partial charge in [0, 0.05) is 22.8 Å². The van der Waals surface area contributed by atoms with Crippen molar-refractivity contribution >= 4 is 16.9 Å². The van der Waals surface area contributed by atoms with Crippen molar-refractivity contribution in [3.8, 4) is 33.4 Å². The van der Waals surface area contributed by atoms with Crippen molar-refractivity contribution in [2.24, 2.45) is 0 Å². The minimum atomic E-state index is -0.396. The molecule has 1 spiro atoms. The van der Waals surface area contributed by atoms with E-state index in [-0.39, 0.29) is 11.5 Å². The molecule has 260 valence electrons. The van der Waals surface area contributed by atoms with E-state index in [1.54, 1.807) is 0 Å². The van der Waals surface area contributed by atoms with Gasteiger partial charge in [0.25, 0.3) is 0 Å². The molecule has 0 aromatic heterocycles. The van der Waals surface area contributed by atoms with Crippen LogP contribution in [0.2, 0.25) is 0 Å². The first-order valence-electron chi connectivity index (χ1n) is 19.3. The molecule has 0 heterocycles. The molecule has 1 unspecified atom stereocenters. The summed E-state index contributed by atoms with van der Waals surface area (Å²) in [7, 11) is 0. The van der Waals surface area contributed by atoms with Gasteiger partial charge < -0.3 is 4.90 Å². The topological polar surface area (TPSA) is 3.24 Å². The van der Waals surface area contributed by atoms with Crippen LogP contribution < -0.4 is 4.90 Å². The van der Waals surface area contributed by atoms with E-state index in [0.29, 0.717) is 0 Å². The molecule has 3 aliphatic carbocycles. The fourth-order valence-corrected chi connectivity index (χ4v) is 10.1. The molecule has 1 atom stereocenters. The van der Waals surface area contributed by atoms with Crippen LogP contribution in [0.15, 0.2) is 188 Å². The molecule has 0 amide bonds. The molecule has 0 aliphatic heterocycles. The van der Waals surface area contributed by atoms with Gasteiger partial charge >= 0.3 is 0 Å². The summed E-state index contributed by atoms with van der Waals surface area (Å²) in [5.41, 5.74) is 20.6. The fourth-order valence-electron chi connectivity index (χ4n) is 10.1. The van der Waals surface area contributed by atoms with Crippen LogP contribution in [0, 0.1) is 0 Å². The lowest BCUT2D eigenvalue weighted by molar-refractivity contribution is 0.653. The zero-order chi connectivity index (χ0) is 36.6. The Morgan fingerprint density at radius 3 is 1.57 bits per heavy atom. The highest BCUT2D eigenvalue weighted by atomic mass is 15.2. The van der Waals surface area contributed by atoms with Crippen LogP contribution in [0.1, 0.15) is 61.1 Å². The van der Waals surface area contributed by atoms with E-state index in [9.17, 15) is 0 Å². The van der Waals surface area contributed by atoms with Crippen LogP contribution in [0.5, 0.6) is 0 Å². The van der Waals surface area contributed by atoms with Gasteiger partial charge in [0.05, 0.1) is 5.41 Å². The number of rotatable bonds is 6. The molecule has 0 saturated heterocycles. The van der Waals surface area contributed by atoms with E-state index in [4.69, 9.17) is 0 Å². The number of nitrogens with zero attached hydrogens (tertiary/aromatic N) is 1. The van der Waals surface area contributed by atoms with E-state index >= 15 is 0 Å². The van der Waals surface area contributed by atoms with Crippen LogP contribution in [0.3, 0.4) is 0 Å². The molecule has 0 saturated carbocycles. The van der Waals surface area contributed by atoms with Crippen LogP contribution in [-0.2, 0) is 10.8 Å². The smallest absolute Gasteiger partial charge is 0.0726 e. The highest BCUT2D eigenvalue weighted by Gasteiger charge is 2.51. The molecule has 10 rings (SSSR count). The second-order valence-electron chi connectivity index (χ2n) is 15.7. The highest BCUT2D eigenvalue weighted by Crippen LogP contribution is 2.63. The first kappa shape index (κ1) is 32.5. The third kappa shape index (κ3) is 4.58. The van der Waals surface area contributed by atoms with Gasteiger partial charge in [0.15, 0.2) is 0 Å². The average Bonchev–Trinajstić information content (AvgIpc) is 3.75. The lowest BCUT2D eigenvalue weighted by Crippen LogP contribution is -2.29. The predicted molar refractivity (Wildman–Crippen MR) is 227 cm³/mol. The molecule has 7 aromatic carbocycles. The van der Waals surface area contributed by atoms with Crippen LogP contribution in [-0.4, -0.2) is 6.04 Å². The van der Waals surface area contributed by atoms with E-state index in [2.05, 4.69) is 215 Å². The summed E-state index contributed by atoms with van der Waals surface area (Å²) in [5, 5.41) is 0. The summed E-state index contributed by atoms with van der Waals surface area (Å²) in [6, 6.07) is 63.2. The van der Waals surface area contributed by atoms with Crippen molar-refractivity contribution in [3.05, 3.63) is 221 Å². The Bertz CT molecular complexity index is 2610. The second-order valence-corrected chi connectivity index (χ2v) is 15.7. The number of hydrogen-bond donors (Lipinski definition) is 0. The number of allylic oxidation sites excluding steroid dienone is 3. The largest absolute Gasteiger partial charge is 0.335 e. The van der Waals surface area contributed by atoms with E-state index < -0.39 is 5.41 Å². The Labute approximate surface area is 319 Å². The fraction of sp³-hybridized carbons (Fsp3) is 0.132. The Kier molecular flexibility index (Phi) is 7.33. The molecule has 0 fully saturated rings. The van der Waals surface area contributed by atoms with Crippen molar-refractivity contribution in [1.82, 2.24) is 0 Å². The van der Waals surface area contributed by atoms with Gasteiger partial charge in [-0.2, -0.15) is 0 Å². The zero-order valence-electron chi connectivity index (χ0n) is 31.3. The number of anilines is 2. The minimum Gasteiger partial charge on any atom is -0.335 e. The van der Waals surface area contributed by atoms with Crippen molar-refractivity contribution in [2.75, 3.05) is 4.90 Å². The van der Waals surface area contributed by atoms with E-state index in [0.717, 1.165) is 0 Å². The van der Waals surface area contributed by atoms with Gasteiger partial charge in [0.2, 0.25) is 0 Å². The van der Waals surface area contributed by atoms with Gasteiger partial charge in [-0.05, 0) is 116 Å². The molecule has 0 radical (unpaired) electrons. The summed E-state index contributed by atoms with van der Waals surface area (Å²) in [6.07, 6.45) is 4.82. The van der Waals surface area contributed by atoms with Gasteiger partial charge in [-0.1, -0.05) is 172 Å². The Hall–Kier alpha value is -6.18. The van der Waals surface area contributed by atoms with Gasteiger partial charge in [0.1, 0.15) is 0 Å². The number of fused-ring (bicyclic) bond motifs is 11. The van der Waals surface area contributed by atoms with E-state index in [1.807, 2.05) is 0 Å². The monoisotopic (exact) mass is 693 g/mol. The van der Waals surface area contributed by atoms with E-state index in [1.165, 1.54) is 89.3 Å². The number of hydrogen-bond acceptors (Lipinski definition) is 1. The molecule has 0 bridgehead atoms. The van der Waals surface area contributed by atoms with Crippen LogP contribution in [0.25, 0.3) is 39.0 Å². The Morgan fingerprint density at radius 1 is 0.463 bits per heavy atom. The minimum absolute atomic E-state index is 0.0526. The van der Waals surface area contributed by atoms with Crippen molar-refractivity contribution < 1.29 is 0 Å². The third-order valence-corrected chi connectivity index (χ3v) is 12.5. The van der Waals surface area contributed by atoms with Gasteiger partial charge in [-0.3, -0.25) is 0 Å². The van der Waals surface area contributed by atoms with Crippen LogP contribution in [0.4, 0.5) is 11.4 Å². The van der Waals surface area contributed by atoms with Crippen molar-refractivity contribution in [3.63, 3.8) is 0 Å². The van der Waals surface area contributed by atoms with Gasteiger partial charge in [-0.15, -0.1) is 0 Å². The molecule has 3 aliphatic rings. The third-order valence-electron chi connectivity index (χ3n) is 12.5. The maximum absolute atomic E-state index is 2.54. The zero-order valence-corrected chi connectivity index (χ0v) is 31.3. The molecule has 1 nitrogen and oxygen atoms in total. The van der Waals surface area contributed by atoms with Crippen LogP contribution >= 0.6 is 0 Å². The van der Waals surface area contributed by atoms with Crippen molar-refractivity contribution in [1.29, 1.82) is 0 Å².